The van der Waals surface area contributed by atoms with Crippen molar-refractivity contribution in [3.63, 3.8) is 0 Å². The molecule has 2 aromatic carbocycles. The van der Waals surface area contributed by atoms with Crippen LogP contribution in [0.1, 0.15) is 34.8 Å². The van der Waals surface area contributed by atoms with Gasteiger partial charge in [-0.05, 0) is 44.0 Å². The minimum absolute atomic E-state index is 0.0186. The molecule has 0 bridgehead atoms. The van der Waals surface area contributed by atoms with E-state index in [2.05, 4.69) is 11.4 Å². The molecule has 1 saturated heterocycles. The van der Waals surface area contributed by atoms with E-state index in [0.717, 1.165) is 5.56 Å². The summed E-state index contributed by atoms with van der Waals surface area (Å²) in [6, 6.07) is 15.0. The van der Waals surface area contributed by atoms with Gasteiger partial charge in [-0.15, -0.1) is 0 Å². The quantitative estimate of drug-likeness (QED) is 0.875. The summed E-state index contributed by atoms with van der Waals surface area (Å²) in [6.07, 6.45) is 0.435. The minimum Gasteiger partial charge on any atom is -0.489 e. The van der Waals surface area contributed by atoms with E-state index in [1.54, 1.807) is 31.2 Å². The van der Waals surface area contributed by atoms with Gasteiger partial charge in [0.15, 0.2) is 9.84 Å². The average Bonchev–Trinajstić information content (AvgIpc) is 2.86. The Morgan fingerprint density at radius 2 is 1.96 bits per heavy atom. The second-order valence-corrected chi connectivity index (χ2v) is 9.35. The van der Waals surface area contributed by atoms with Crippen LogP contribution in [0.5, 0.6) is 5.75 Å². The number of hydrogen-bond acceptors (Lipinski definition) is 4. The Hall–Kier alpha value is -2.34. The fourth-order valence-corrected chi connectivity index (χ4v) is 5.24. The van der Waals surface area contributed by atoms with E-state index in [0.29, 0.717) is 24.3 Å². The van der Waals surface area contributed by atoms with Crippen molar-refractivity contribution in [1.82, 2.24) is 5.32 Å². The van der Waals surface area contributed by atoms with E-state index in [4.69, 9.17) is 4.74 Å². The number of sulfone groups is 1. The lowest BCUT2D eigenvalue weighted by Crippen LogP contribution is -2.46. The van der Waals surface area contributed by atoms with Crippen LogP contribution in [0.25, 0.3) is 0 Å². The van der Waals surface area contributed by atoms with E-state index in [1.165, 1.54) is 5.56 Å². The Morgan fingerprint density at radius 1 is 1.19 bits per heavy atom. The third kappa shape index (κ3) is 4.64. The summed E-state index contributed by atoms with van der Waals surface area (Å²) in [5, 5.41) is 2.86. The van der Waals surface area contributed by atoms with Gasteiger partial charge in [0, 0.05) is 5.56 Å². The lowest BCUT2D eigenvalue weighted by molar-refractivity contribution is 0.0915. The molecule has 1 heterocycles. The maximum absolute atomic E-state index is 12.5. The summed E-state index contributed by atoms with van der Waals surface area (Å²) < 4.78 is 29.2. The van der Waals surface area contributed by atoms with Crippen LogP contribution in [-0.2, 0) is 16.4 Å². The molecule has 138 valence electrons. The van der Waals surface area contributed by atoms with E-state index < -0.39 is 15.4 Å². The highest BCUT2D eigenvalue weighted by atomic mass is 32.2. The molecule has 26 heavy (non-hydrogen) atoms. The smallest absolute Gasteiger partial charge is 0.251 e. The van der Waals surface area contributed by atoms with Gasteiger partial charge in [0.25, 0.3) is 5.91 Å². The third-order valence-electron chi connectivity index (χ3n) is 4.50. The third-order valence-corrected chi connectivity index (χ3v) is 6.41. The van der Waals surface area contributed by atoms with Crippen LogP contribution >= 0.6 is 0 Å². The Labute approximate surface area is 154 Å². The van der Waals surface area contributed by atoms with E-state index >= 15 is 0 Å². The SMILES string of the molecule is Cc1cccc(COc2cccc(C(=O)N[C@@]3(C)CCS(=O)(=O)C3)c2)c1. The monoisotopic (exact) mass is 373 g/mol. The first kappa shape index (κ1) is 18.5. The molecule has 0 saturated carbocycles. The van der Waals surface area contributed by atoms with Crippen molar-refractivity contribution in [2.75, 3.05) is 11.5 Å². The van der Waals surface area contributed by atoms with Gasteiger partial charge in [-0.2, -0.15) is 0 Å². The second-order valence-electron chi connectivity index (χ2n) is 7.16. The van der Waals surface area contributed by atoms with Crippen LogP contribution < -0.4 is 10.1 Å². The molecule has 1 aliphatic rings. The molecule has 0 aliphatic carbocycles. The Kier molecular flexibility index (Phi) is 5.05. The van der Waals surface area contributed by atoms with Gasteiger partial charge in [-0.1, -0.05) is 35.9 Å². The molecular weight excluding hydrogens is 350 g/mol. The maximum Gasteiger partial charge on any atom is 0.251 e. The molecule has 1 atom stereocenters. The van der Waals surface area contributed by atoms with E-state index in [-0.39, 0.29) is 17.4 Å². The van der Waals surface area contributed by atoms with Gasteiger partial charge in [0.1, 0.15) is 12.4 Å². The van der Waals surface area contributed by atoms with Crippen molar-refractivity contribution < 1.29 is 17.9 Å². The van der Waals surface area contributed by atoms with E-state index in [9.17, 15) is 13.2 Å². The van der Waals surface area contributed by atoms with Gasteiger partial charge in [-0.3, -0.25) is 4.79 Å². The molecule has 3 rings (SSSR count). The number of aryl methyl sites for hydroxylation is 1. The zero-order valence-electron chi connectivity index (χ0n) is 15.0. The van der Waals surface area contributed by atoms with Crippen molar-refractivity contribution in [2.24, 2.45) is 0 Å². The fourth-order valence-electron chi connectivity index (χ4n) is 3.15. The minimum atomic E-state index is -3.07. The van der Waals surface area contributed by atoms with Crippen molar-refractivity contribution in [2.45, 2.75) is 32.4 Å². The molecule has 0 radical (unpaired) electrons. The molecular formula is C20H23NO4S. The normalized spacial score (nSPS) is 21.3. The summed E-state index contributed by atoms with van der Waals surface area (Å²) in [5.41, 5.74) is 1.97. The van der Waals surface area contributed by atoms with Gasteiger partial charge in [0.05, 0.1) is 17.0 Å². The molecule has 2 aromatic rings. The topological polar surface area (TPSA) is 72.5 Å². The van der Waals surface area contributed by atoms with Crippen LogP contribution in [0.15, 0.2) is 48.5 Å². The Morgan fingerprint density at radius 3 is 2.65 bits per heavy atom. The van der Waals surface area contributed by atoms with Crippen LogP contribution in [0, 0.1) is 6.92 Å². The highest BCUT2D eigenvalue weighted by molar-refractivity contribution is 7.91. The lowest BCUT2D eigenvalue weighted by Gasteiger charge is -2.24. The van der Waals surface area contributed by atoms with Crippen LogP contribution in [0.4, 0.5) is 0 Å². The maximum atomic E-state index is 12.5. The summed E-state index contributed by atoms with van der Waals surface area (Å²) >= 11 is 0. The molecule has 6 heteroatoms. The molecule has 1 amide bonds. The van der Waals surface area contributed by atoms with Gasteiger partial charge in [0.2, 0.25) is 0 Å². The lowest BCUT2D eigenvalue weighted by atomic mass is 10.0. The van der Waals surface area contributed by atoms with Crippen LogP contribution in [-0.4, -0.2) is 31.4 Å². The molecule has 1 fully saturated rings. The molecule has 0 aromatic heterocycles. The largest absolute Gasteiger partial charge is 0.489 e. The average molecular weight is 373 g/mol. The highest BCUT2D eigenvalue weighted by Crippen LogP contribution is 2.24. The zero-order chi connectivity index (χ0) is 18.8. The summed E-state index contributed by atoms with van der Waals surface area (Å²) in [5.74, 6) is 0.410. The molecule has 1 aliphatic heterocycles. The molecule has 0 unspecified atom stereocenters. The molecule has 0 spiro atoms. The molecule has 1 N–H and O–H groups in total. The van der Waals surface area contributed by atoms with Crippen molar-refractivity contribution in [3.8, 4) is 5.75 Å². The number of amides is 1. The van der Waals surface area contributed by atoms with Crippen LogP contribution in [0.3, 0.4) is 0 Å². The summed E-state index contributed by atoms with van der Waals surface area (Å²) in [7, 11) is -3.07. The predicted octanol–water partition coefficient (Wildman–Crippen LogP) is 2.88. The number of nitrogens with one attached hydrogen (secondary N) is 1. The fraction of sp³-hybridized carbons (Fsp3) is 0.350. The second kappa shape index (κ2) is 7.11. The standard InChI is InChI=1S/C20H23NO4S/c1-15-5-3-6-16(11-15)13-25-18-8-4-7-17(12-18)19(22)21-20(2)9-10-26(23,24)14-20/h3-8,11-12H,9-10,13-14H2,1-2H3,(H,21,22)/t20-/m0/s1. The summed E-state index contributed by atoms with van der Waals surface area (Å²) in [4.78, 5) is 12.5. The number of rotatable bonds is 5. The number of ether oxygens (including phenoxy) is 1. The van der Waals surface area contributed by atoms with Gasteiger partial charge in [-0.25, -0.2) is 8.42 Å². The first-order chi connectivity index (χ1) is 12.2. The number of carbonyl (C=O) groups is 1. The Bertz CT molecular complexity index is 923. The number of hydrogen-bond donors (Lipinski definition) is 1. The van der Waals surface area contributed by atoms with Gasteiger partial charge < -0.3 is 10.1 Å². The van der Waals surface area contributed by atoms with Crippen molar-refractivity contribution in [3.05, 3.63) is 65.2 Å². The summed E-state index contributed by atoms with van der Waals surface area (Å²) in [6.45, 7) is 4.22. The van der Waals surface area contributed by atoms with Crippen LogP contribution in [0.2, 0.25) is 0 Å². The highest BCUT2D eigenvalue weighted by Gasteiger charge is 2.39. The molecule has 5 nitrogen and oxygen atoms in total. The Balaban J connectivity index is 1.66. The van der Waals surface area contributed by atoms with Gasteiger partial charge >= 0.3 is 0 Å². The van der Waals surface area contributed by atoms with Crippen molar-refractivity contribution in [1.29, 1.82) is 0 Å². The first-order valence-electron chi connectivity index (χ1n) is 8.56. The predicted molar refractivity (Wildman–Crippen MR) is 101 cm³/mol. The first-order valence-corrected chi connectivity index (χ1v) is 10.4. The van der Waals surface area contributed by atoms with Crippen molar-refractivity contribution >= 4 is 15.7 Å². The number of benzene rings is 2. The van der Waals surface area contributed by atoms with E-state index in [1.807, 2.05) is 25.1 Å². The number of carbonyl (C=O) groups excluding carboxylic acids is 1. The zero-order valence-corrected chi connectivity index (χ0v) is 15.8.